The van der Waals surface area contributed by atoms with E-state index in [1.165, 1.54) is 0 Å². The predicted molar refractivity (Wildman–Crippen MR) is 62.6 cm³/mol. The van der Waals surface area contributed by atoms with Crippen molar-refractivity contribution in [1.82, 2.24) is 9.97 Å². The Labute approximate surface area is 93.8 Å². The van der Waals surface area contributed by atoms with E-state index in [0.717, 1.165) is 29.6 Å². The molecule has 0 radical (unpaired) electrons. The summed E-state index contributed by atoms with van der Waals surface area (Å²) in [6.45, 7) is 2.67. The molecule has 6 heteroatoms. The van der Waals surface area contributed by atoms with Crippen LogP contribution >= 0.6 is 11.8 Å². The first-order chi connectivity index (χ1) is 7.26. The molecule has 0 fully saturated rings. The van der Waals surface area contributed by atoms with Gasteiger partial charge in [0, 0.05) is 24.6 Å². The van der Waals surface area contributed by atoms with Crippen molar-refractivity contribution >= 4 is 17.6 Å². The third-order valence-corrected chi connectivity index (χ3v) is 2.63. The molecule has 0 bridgehead atoms. The van der Waals surface area contributed by atoms with Gasteiger partial charge in [-0.2, -0.15) is 11.8 Å². The van der Waals surface area contributed by atoms with Crippen LogP contribution in [-0.2, 0) is 10.5 Å². The van der Waals surface area contributed by atoms with Crippen LogP contribution in [-0.4, -0.2) is 29.4 Å². The number of hydrogen-bond acceptors (Lipinski definition) is 6. The number of aryl methyl sites for hydroxylation is 1. The van der Waals surface area contributed by atoms with E-state index in [1.807, 2.05) is 13.0 Å². The monoisotopic (exact) mass is 228 g/mol. The summed E-state index contributed by atoms with van der Waals surface area (Å²) in [5.74, 6) is 8.47. The number of methoxy groups -OCH3 is 1. The minimum atomic E-state index is 0.657. The van der Waals surface area contributed by atoms with Crippen molar-refractivity contribution in [3.8, 4) is 0 Å². The number of thioether (sulfide) groups is 1. The molecular formula is C9H16N4OS. The first kappa shape index (κ1) is 12.2. The summed E-state index contributed by atoms with van der Waals surface area (Å²) in [6, 6.07) is 1.81. The molecule has 0 atom stereocenters. The third kappa shape index (κ3) is 4.46. The zero-order chi connectivity index (χ0) is 11.1. The molecule has 0 aromatic carbocycles. The summed E-state index contributed by atoms with van der Waals surface area (Å²) in [5.41, 5.74) is 3.44. The van der Waals surface area contributed by atoms with Gasteiger partial charge in [-0.15, -0.1) is 0 Å². The second kappa shape index (κ2) is 6.60. The summed E-state index contributed by atoms with van der Waals surface area (Å²) in [4.78, 5) is 8.55. The number of hydrogen-bond donors (Lipinski definition) is 2. The van der Waals surface area contributed by atoms with E-state index >= 15 is 0 Å². The van der Waals surface area contributed by atoms with Crippen molar-refractivity contribution in [2.24, 2.45) is 5.84 Å². The molecule has 0 unspecified atom stereocenters. The number of nitrogens with zero attached hydrogens (tertiary/aromatic N) is 2. The van der Waals surface area contributed by atoms with Crippen LogP contribution in [0, 0.1) is 6.92 Å². The SMILES string of the molecule is COCCSCc1nc(C)cc(NN)n1. The normalized spacial score (nSPS) is 10.3. The number of rotatable bonds is 6. The lowest BCUT2D eigenvalue weighted by atomic mass is 10.4. The van der Waals surface area contributed by atoms with Gasteiger partial charge in [0.1, 0.15) is 11.6 Å². The largest absolute Gasteiger partial charge is 0.384 e. The Morgan fingerprint density at radius 3 is 3.00 bits per heavy atom. The van der Waals surface area contributed by atoms with Crippen LogP contribution in [0.5, 0.6) is 0 Å². The second-order valence-electron chi connectivity index (χ2n) is 3.00. The average Bonchev–Trinajstić information content (AvgIpc) is 2.23. The van der Waals surface area contributed by atoms with Gasteiger partial charge in [-0.3, -0.25) is 0 Å². The summed E-state index contributed by atoms with van der Waals surface area (Å²) in [7, 11) is 1.69. The fourth-order valence-electron chi connectivity index (χ4n) is 1.07. The Hall–Kier alpha value is -0.850. The van der Waals surface area contributed by atoms with Gasteiger partial charge in [0.2, 0.25) is 0 Å². The van der Waals surface area contributed by atoms with Crippen molar-refractivity contribution < 1.29 is 4.74 Å². The molecule has 1 heterocycles. The highest BCUT2D eigenvalue weighted by molar-refractivity contribution is 7.98. The Morgan fingerprint density at radius 1 is 1.53 bits per heavy atom. The number of ether oxygens (including phenoxy) is 1. The average molecular weight is 228 g/mol. The van der Waals surface area contributed by atoms with Gasteiger partial charge in [-0.25, -0.2) is 15.8 Å². The molecule has 0 aliphatic rings. The molecule has 5 nitrogen and oxygen atoms in total. The fraction of sp³-hybridized carbons (Fsp3) is 0.556. The van der Waals surface area contributed by atoms with E-state index in [4.69, 9.17) is 10.6 Å². The number of anilines is 1. The maximum atomic E-state index is 5.30. The quantitative estimate of drug-likeness (QED) is 0.429. The molecule has 0 saturated carbocycles. The van der Waals surface area contributed by atoms with Gasteiger partial charge in [0.05, 0.1) is 12.4 Å². The van der Waals surface area contributed by atoms with Crippen LogP contribution < -0.4 is 11.3 Å². The van der Waals surface area contributed by atoms with Crippen molar-refractivity contribution in [1.29, 1.82) is 0 Å². The van der Waals surface area contributed by atoms with E-state index in [1.54, 1.807) is 18.9 Å². The Balaban J connectivity index is 2.49. The summed E-state index contributed by atoms with van der Waals surface area (Å²) in [5, 5.41) is 0. The number of hydrazine groups is 1. The molecule has 15 heavy (non-hydrogen) atoms. The van der Waals surface area contributed by atoms with E-state index in [-0.39, 0.29) is 0 Å². The number of nitrogens with two attached hydrogens (primary N) is 1. The van der Waals surface area contributed by atoms with Gasteiger partial charge in [-0.1, -0.05) is 0 Å². The summed E-state index contributed by atoms with van der Waals surface area (Å²) < 4.78 is 4.95. The van der Waals surface area contributed by atoms with Crippen LogP contribution in [0.3, 0.4) is 0 Å². The number of aromatic nitrogens is 2. The van der Waals surface area contributed by atoms with E-state index in [0.29, 0.717) is 5.82 Å². The van der Waals surface area contributed by atoms with Gasteiger partial charge in [-0.05, 0) is 6.92 Å². The maximum Gasteiger partial charge on any atom is 0.143 e. The molecule has 0 saturated heterocycles. The molecule has 1 aromatic heterocycles. The lowest BCUT2D eigenvalue weighted by Gasteiger charge is -2.04. The molecule has 0 amide bonds. The van der Waals surface area contributed by atoms with Crippen molar-refractivity contribution in [3.05, 3.63) is 17.6 Å². The van der Waals surface area contributed by atoms with Crippen molar-refractivity contribution in [3.63, 3.8) is 0 Å². The van der Waals surface area contributed by atoms with Gasteiger partial charge >= 0.3 is 0 Å². The highest BCUT2D eigenvalue weighted by Crippen LogP contribution is 2.11. The second-order valence-corrected chi connectivity index (χ2v) is 4.11. The van der Waals surface area contributed by atoms with Crippen LogP contribution in [0.15, 0.2) is 6.07 Å². The number of nitrogens with one attached hydrogen (secondary N) is 1. The van der Waals surface area contributed by atoms with E-state index in [2.05, 4.69) is 15.4 Å². The Kier molecular flexibility index (Phi) is 5.38. The van der Waals surface area contributed by atoms with Crippen molar-refractivity contribution in [2.75, 3.05) is 24.9 Å². The molecule has 0 aliphatic heterocycles. The topological polar surface area (TPSA) is 73.1 Å². The standard InChI is InChI=1S/C9H16N4OS/c1-7-5-8(13-10)12-9(11-7)6-15-4-3-14-2/h5H,3-4,6,10H2,1-2H3,(H,11,12,13). The van der Waals surface area contributed by atoms with Crippen LogP contribution in [0.1, 0.15) is 11.5 Å². The highest BCUT2D eigenvalue weighted by atomic mass is 32.2. The summed E-state index contributed by atoms with van der Waals surface area (Å²) in [6.07, 6.45) is 0. The van der Waals surface area contributed by atoms with E-state index in [9.17, 15) is 0 Å². The Morgan fingerprint density at radius 2 is 2.33 bits per heavy atom. The molecule has 84 valence electrons. The molecule has 1 aromatic rings. The van der Waals surface area contributed by atoms with Crippen LogP contribution in [0.4, 0.5) is 5.82 Å². The molecule has 1 rings (SSSR count). The van der Waals surface area contributed by atoms with Crippen LogP contribution in [0.2, 0.25) is 0 Å². The lowest BCUT2D eigenvalue weighted by molar-refractivity contribution is 0.218. The molecular weight excluding hydrogens is 212 g/mol. The number of nitrogen functional groups attached to an aromatic ring is 1. The van der Waals surface area contributed by atoms with Gasteiger partial charge in [0.25, 0.3) is 0 Å². The minimum Gasteiger partial charge on any atom is -0.384 e. The Bertz CT molecular complexity index is 308. The smallest absolute Gasteiger partial charge is 0.143 e. The molecule has 0 aliphatic carbocycles. The molecule has 3 N–H and O–H groups in total. The zero-order valence-electron chi connectivity index (χ0n) is 8.99. The first-order valence-electron chi connectivity index (χ1n) is 4.64. The summed E-state index contributed by atoms with van der Waals surface area (Å²) >= 11 is 1.74. The fourth-order valence-corrected chi connectivity index (χ4v) is 1.81. The zero-order valence-corrected chi connectivity index (χ0v) is 9.80. The van der Waals surface area contributed by atoms with Gasteiger partial charge in [0.15, 0.2) is 0 Å². The molecule has 0 spiro atoms. The highest BCUT2D eigenvalue weighted by Gasteiger charge is 2.01. The van der Waals surface area contributed by atoms with Crippen LogP contribution in [0.25, 0.3) is 0 Å². The first-order valence-corrected chi connectivity index (χ1v) is 5.79. The predicted octanol–water partition coefficient (Wildman–Crippen LogP) is 0.950. The third-order valence-electron chi connectivity index (χ3n) is 1.71. The van der Waals surface area contributed by atoms with E-state index < -0.39 is 0 Å². The van der Waals surface area contributed by atoms with Gasteiger partial charge < -0.3 is 10.2 Å². The minimum absolute atomic E-state index is 0.657. The maximum absolute atomic E-state index is 5.30. The lowest BCUT2D eigenvalue weighted by Crippen LogP contribution is -2.10. The van der Waals surface area contributed by atoms with Crippen molar-refractivity contribution in [2.45, 2.75) is 12.7 Å².